The highest BCUT2D eigenvalue weighted by atomic mass is 19.1. The topological polar surface area (TPSA) is 115 Å². The van der Waals surface area contributed by atoms with Crippen molar-refractivity contribution in [3.63, 3.8) is 0 Å². The molecule has 0 unspecified atom stereocenters. The Labute approximate surface area is 195 Å². The monoisotopic (exact) mass is 458 g/mol. The number of carbonyl (C=O) groups is 1. The number of pyridine rings is 1. The lowest BCUT2D eigenvalue weighted by Gasteiger charge is -2.27. The van der Waals surface area contributed by atoms with E-state index in [1.807, 2.05) is 6.08 Å². The molecule has 1 saturated carbocycles. The van der Waals surface area contributed by atoms with Crippen LogP contribution < -0.4 is 10.9 Å². The van der Waals surface area contributed by atoms with Gasteiger partial charge in [0.15, 0.2) is 5.82 Å². The van der Waals surface area contributed by atoms with Gasteiger partial charge in [-0.1, -0.05) is 12.1 Å². The molecule has 0 bridgehead atoms. The second-order valence-corrected chi connectivity index (χ2v) is 8.75. The number of carbonyl (C=O) groups excluding carboxylic acids is 1. The van der Waals surface area contributed by atoms with Crippen molar-refractivity contribution in [2.45, 2.75) is 38.8 Å². The summed E-state index contributed by atoms with van der Waals surface area (Å²) in [4.78, 5) is 37.2. The van der Waals surface area contributed by atoms with E-state index in [4.69, 9.17) is 0 Å². The molecule has 5 rings (SSSR count). The minimum absolute atomic E-state index is 0.122. The van der Waals surface area contributed by atoms with Gasteiger partial charge < -0.3 is 10.3 Å². The van der Waals surface area contributed by atoms with Crippen molar-refractivity contribution in [3.8, 4) is 6.07 Å². The van der Waals surface area contributed by atoms with Gasteiger partial charge >= 0.3 is 0 Å². The van der Waals surface area contributed by atoms with Gasteiger partial charge in [0.2, 0.25) is 0 Å². The van der Waals surface area contributed by atoms with Crippen molar-refractivity contribution in [1.82, 2.24) is 25.2 Å². The quantitative estimate of drug-likeness (QED) is 0.608. The fourth-order valence-electron chi connectivity index (χ4n) is 4.14. The van der Waals surface area contributed by atoms with Crippen LogP contribution >= 0.6 is 0 Å². The summed E-state index contributed by atoms with van der Waals surface area (Å²) >= 11 is 0. The smallest absolute Gasteiger partial charge is 0.270 e. The highest BCUT2D eigenvalue weighted by Gasteiger charge is 2.25. The molecule has 0 radical (unpaired) electrons. The Kier molecular flexibility index (Phi) is 5.67. The summed E-state index contributed by atoms with van der Waals surface area (Å²) in [5.74, 6) is -0.716. The lowest BCUT2D eigenvalue weighted by Crippen LogP contribution is -2.29. The van der Waals surface area contributed by atoms with E-state index in [2.05, 4.69) is 31.2 Å². The van der Waals surface area contributed by atoms with Crippen LogP contribution in [0.5, 0.6) is 0 Å². The summed E-state index contributed by atoms with van der Waals surface area (Å²) in [5.41, 5.74) is 3.12. The van der Waals surface area contributed by atoms with Gasteiger partial charge in [0.1, 0.15) is 28.7 Å². The molecule has 1 fully saturated rings. The zero-order chi connectivity index (χ0) is 23.8. The van der Waals surface area contributed by atoms with Crippen LogP contribution in [0.1, 0.15) is 52.3 Å². The Bertz CT molecular complexity index is 1430. The van der Waals surface area contributed by atoms with E-state index < -0.39 is 11.4 Å². The van der Waals surface area contributed by atoms with Crippen LogP contribution in [-0.2, 0) is 6.54 Å². The molecule has 0 atom stereocenters. The average molecular weight is 458 g/mol. The first-order valence-electron chi connectivity index (χ1n) is 11.2. The molecule has 2 N–H and O–H groups in total. The first-order valence-corrected chi connectivity index (χ1v) is 11.2. The third kappa shape index (κ3) is 4.32. The van der Waals surface area contributed by atoms with Gasteiger partial charge in [-0.3, -0.25) is 14.5 Å². The van der Waals surface area contributed by atoms with E-state index in [-0.39, 0.29) is 28.9 Å². The Morgan fingerprint density at radius 2 is 2.12 bits per heavy atom. The second kappa shape index (κ2) is 8.80. The summed E-state index contributed by atoms with van der Waals surface area (Å²) < 4.78 is 15.0. The standard InChI is InChI=1S/C25H23FN6O2/c1-14-24(33)31-23-19(28-14)6-2-16(22(23)26)13-32-10-8-15(9-11-32)18-5-7-20(30-21(18)12-27)25(34)29-17-3-4-17/h2,5-8,17H,3-4,9-11,13H2,1H3,(H,29,34)(H,31,33). The van der Waals surface area contributed by atoms with Gasteiger partial charge in [-0.15, -0.1) is 0 Å². The van der Waals surface area contributed by atoms with E-state index in [9.17, 15) is 14.9 Å². The predicted octanol–water partition coefficient (Wildman–Crippen LogP) is 2.82. The largest absolute Gasteiger partial charge is 0.348 e. The number of nitrogens with zero attached hydrogens (tertiary/aromatic N) is 4. The van der Waals surface area contributed by atoms with Gasteiger partial charge in [0, 0.05) is 36.8 Å². The van der Waals surface area contributed by atoms with E-state index in [0.717, 1.165) is 24.0 Å². The summed E-state index contributed by atoms with van der Waals surface area (Å²) in [6.07, 6.45) is 4.64. The summed E-state index contributed by atoms with van der Waals surface area (Å²) in [6, 6.07) is 9.18. The Morgan fingerprint density at radius 3 is 2.82 bits per heavy atom. The lowest BCUT2D eigenvalue weighted by molar-refractivity contribution is 0.0946. The molecule has 1 aliphatic heterocycles. The number of benzene rings is 1. The average Bonchev–Trinajstić information content (AvgIpc) is 3.66. The molecule has 1 aliphatic carbocycles. The summed E-state index contributed by atoms with van der Waals surface area (Å²) in [7, 11) is 0. The molecule has 9 heteroatoms. The molecule has 172 valence electrons. The van der Waals surface area contributed by atoms with Crippen LogP contribution in [0.4, 0.5) is 4.39 Å². The van der Waals surface area contributed by atoms with Crippen LogP contribution in [0.3, 0.4) is 0 Å². The third-order valence-corrected chi connectivity index (χ3v) is 6.23. The molecule has 34 heavy (non-hydrogen) atoms. The molecule has 8 nitrogen and oxygen atoms in total. The lowest BCUT2D eigenvalue weighted by atomic mass is 9.97. The van der Waals surface area contributed by atoms with Gasteiger partial charge in [-0.05, 0) is 50.0 Å². The molecular weight excluding hydrogens is 435 g/mol. The number of nitrogens with one attached hydrogen (secondary N) is 2. The summed E-state index contributed by atoms with van der Waals surface area (Å²) in [6.45, 7) is 3.21. The Morgan fingerprint density at radius 1 is 1.29 bits per heavy atom. The van der Waals surface area contributed by atoms with Crippen LogP contribution in [0.25, 0.3) is 16.6 Å². The van der Waals surface area contributed by atoms with E-state index in [1.165, 1.54) is 0 Å². The number of halogens is 1. The number of H-pyrrole nitrogens is 1. The number of rotatable bonds is 5. The van der Waals surface area contributed by atoms with Crippen LogP contribution in [0.2, 0.25) is 0 Å². The van der Waals surface area contributed by atoms with E-state index in [1.54, 1.807) is 31.2 Å². The van der Waals surface area contributed by atoms with E-state index >= 15 is 4.39 Å². The first-order chi connectivity index (χ1) is 16.4. The van der Waals surface area contributed by atoms with Gasteiger partial charge in [0.25, 0.3) is 11.5 Å². The minimum atomic E-state index is -0.465. The maximum atomic E-state index is 15.0. The second-order valence-electron chi connectivity index (χ2n) is 8.75. The summed E-state index contributed by atoms with van der Waals surface area (Å²) in [5, 5.41) is 12.5. The fraction of sp³-hybridized carbons (Fsp3) is 0.320. The highest BCUT2D eigenvalue weighted by Crippen LogP contribution is 2.27. The van der Waals surface area contributed by atoms with Gasteiger partial charge in [0.05, 0.1) is 5.52 Å². The number of hydrogen-bond acceptors (Lipinski definition) is 6. The Balaban J connectivity index is 1.32. The number of aromatic amines is 1. The minimum Gasteiger partial charge on any atom is -0.348 e. The van der Waals surface area contributed by atoms with Crippen molar-refractivity contribution >= 4 is 22.5 Å². The van der Waals surface area contributed by atoms with Crippen molar-refractivity contribution < 1.29 is 9.18 Å². The van der Waals surface area contributed by atoms with Crippen LogP contribution in [0, 0.1) is 24.1 Å². The maximum absolute atomic E-state index is 15.0. The van der Waals surface area contributed by atoms with Crippen molar-refractivity contribution in [2.75, 3.05) is 13.1 Å². The molecule has 1 amide bonds. The van der Waals surface area contributed by atoms with Gasteiger partial charge in [-0.2, -0.15) is 5.26 Å². The van der Waals surface area contributed by atoms with Crippen molar-refractivity contribution in [3.05, 3.63) is 74.7 Å². The molecule has 1 aromatic carbocycles. The van der Waals surface area contributed by atoms with Crippen molar-refractivity contribution in [1.29, 1.82) is 5.26 Å². The number of aryl methyl sites for hydroxylation is 1. The number of hydrogen-bond donors (Lipinski definition) is 2. The molecule has 2 aliphatic rings. The SMILES string of the molecule is Cc1nc2ccc(CN3CC=C(c4ccc(C(=O)NC5CC5)nc4C#N)CC3)c(F)c2[nH]c1=O. The van der Waals surface area contributed by atoms with E-state index in [0.29, 0.717) is 42.8 Å². The normalized spacial score (nSPS) is 16.2. The number of nitriles is 1. The van der Waals surface area contributed by atoms with Gasteiger partial charge in [-0.25, -0.2) is 14.4 Å². The number of fused-ring (bicyclic) bond motifs is 1. The predicted molar refractivity (Wildman–Crippen MR) is 124 cm³/mol. The number of amides is 1. The molecule has 2 aromatic heterocycles. The molecule has 3 aromatic rings. The first kappa shape index (κ1) is 21.9. The number of aromatic nitrogens is 3. The molecule has 0 spiro atoms. The third-order valence-electron chi connectivity index (χ3n) is 6.23. The fourth-order valence-corrected chi connectivity index (χ4v) is 4.14. The molecular formula is C25H23FN6O2. The Hall–Kier alpha value is -3.90. The maximum Gasteiger partial charge on any atom is 0.270 e. The van der Waals surface area contributed by atoms with Crippen LogP contribution in [0.15, 0.2) is 35.1 Å². The molecule has 3 heterocycles. The van der Waals surface area contributed by atoms with Crippen molar-refractivity contribution in [2.24, 2.45) is 0 Å². The molecule has 0 saturated heterocycles. The zero-order valence-electron chi connectivity index (χ0n) is 18.7. The highest BCUT2D eigenvalue weighted by molar-refractivity contribution is 5.93. The zero-order valence-corrected chi connectivity index (χ0v) is 18.7. The van der Waals surface area contributed by atoms with Crippen LogP contribution in [-0.4, -0.2) is 44.9 Å².